The van der Waals surface area contributed by atoms with E-state index in [0.29, 0.717) is 16.7 Å². The topological polar surface area (TPSA) is 67.6 Å². The Bertz CT molecular complexity index is 464. The first-order valence-electron chi connectivity index (χ1n) is 4.61. The molecule has 0 radical (unpaired) electrons. The summed E-state index contributed by atoms with van der Waals surface area (Å²) >= 11 is 6.02. The number of halogens is 1. The minimum Gasteiger partial charge on any atom is -0.322 e. The Morgan fingerprint density at radius 1 is 1.40 bits per heavy atom. The van der Waals surface area contributed by atoms with Crippen LogP contribution >= 0.6 is 11.6 Å². The molecule has 0 aliphatic carbocycles. The van der Waals surface area contributed by atoms with Gasteiger partial charge in [-0.2, -0.15) is 5.10 Å². The van der Waals surface area contributed by atoms with Crippen molar-refractivity contribution in [2.24, 2.45) is 5.73 Å². The highest BCUT2D eigenvalue weighted by atomic mass is 35.5. The van der Waals surface area contributed by atoms with E-state index in [0.717, 1.165) is 5.56 Å². The number of aromatic amines is 1. The molecule has 1 aromatic carbocycles. The van der Waals surface area contributed by atoms with Crippen LogP contribution in [0.4, 0.5) is 0 Å². The predicted molar refractivity (Wildman–Crippen MR) is 59.4 cm³/mol. The number of aromatic nitrogens is 3. The van der Waals surface area contributed by atoms with Crippen molar-refractivity contribution in [3.8, 4) is 11.4 Å². The van der Waals surface area contributed by atoms with Crippen molar-refractivity contribution >= 4 is 11.6 Å². The third-order valence-electron chi connectivity index (χ3n) is 2.05. The van der Waals surface area contributed by atoms with E-state index in [9.17, 15) is 0 Å². The van der Waals surface area contributed by atoms with E-state index in [4.69, 9.17) is 17.3 Å². The number of nitrogens with two attached hydrogens (primary N) is 1. The third-order valence-corrected chi connectivity index (χ3v) is 2.38. The largest absolute Gasteiger partial charge is 0.322 e. The summed E-state index contributed by atoms with van der Waals surface area (Å²) in [7, 11) is 0. The van der Waals surface area contributed by atoms with Crippen molar-refractivity contribution in [2.45, 2.75) is 13.0 Å². The zero-order valence-corrected chi connectivity index (χ0v) is 8.99. The molecule has 2 aromatic rings. The van der Waals surface area contributed by atoms with Gasteiger partial charge in [0.05, 0.1) is 11.1 Å². The van der Waals surface area contributed by atoms with Gasteiger partial charge in [0.15, 0.2) is 5.82 Å². The number of hydrogen-bond acceptors (Lipinski definition) is 3. The van der Waals surface area contributed by atoms with Crippen LogP contribution in [0.3, 0.4) is 0 Å². The van der Waals surface area contributed by atoms with E-state index in [1.165, 1.54) is 0 Å². The van der Waals surface area contributed by atoms with Gasteiger partial charge < -0.3 is 5.73 Å². The smallest absolute Gasteiger partial charge is 0.182 e. The summed E-state index contributed by atoms with van der Waals surface area (Å²) in [6, 6.07) is 7.28. The van der Waals surface area contributed by atoms with E-state index < -0.39 is 0 Å². The van der Waals surface area contributed by atoms with Gasteiger partial charge in [-0.05, 0) is 19.1 Å². The molecule has 15 heavy (non-hydrogen) atoms. The van der Waals surface area contributed by atoms with E-state index in [1.807, 2.05) is 25.1 Å². The number of nitrogens with zero attached hydrogens (tertiary/aromatic N) is 2. The van der Waals surface area contributed by atoms with Crippen molar-refractivity contribution in [3.63, 3.8) is 0 Å². The van der Waals surface area contributed by atoms with E-state index in [2.05, 4.69) is 15.2 Å². The van der Waals surface area contributed by atoms with Gasteiger partial charge in [-0.15, -0.1) is 0 Å². The van der Waals surface area contributed by atoms with Crippen LogP contribution in [0.25, 0.3) is 11.4 Å². The molecule has 78 valence electrons. The minimum absolute atomic E-state index is 0.159. The average molecular weight is 223 g/mol. The number of rotatable bonds is 2. The van der Waals surface area contributed by atoms with Crippen LogP contribution in [0.5, 0.6) is 0 Å². The van der Waals surface area contributed by atoms with Crippen molar-refractivity contribution in [3.05, 3.63) is 35.1 Å². The first-order chi connectivity index (χ1) is 7.18. The first kappa shape index (κ1) is 10.1. The van der Waals surface area contributed by atoms with E-state index in [1.54, 1.807) is 6.07 Å². The fraction of sp³-hybridized carbons (Fsp3) is 0.200. The molecule has 3 N–H and O–H groups in total. The molecule has 0 unspecified atom stereocenters. The highest BCUT2D eigenvalue weighted by molar-refractivity contribution is 6.33. The van der Waals surface area contributed by atoms with Gasteiger partial charge in [0.1, 0.15) is 5.82 Å². The van der Waals surface area contributed by atoms with Crippen molar-refractivity contribution in [1.82, 2.24) is 15.2 Å². The predicted octanol–water partition coefficient (Wildman–Crippen LogP) is 2.14. The molecule has 0 amide bonds. The number of benzene rings is 1. The Hall–Kier alpha value is -1.39. The molecule has 0 bridgehead atoms. The molecule has 0 spiro atoms. The van der Waals surface area contributed by atoms with Crippen LogP contribution in [0, 0.1) is 0 Å². The van der Waals surface area contributed by atoms with Gasteiger partial charge in [0, 0.05) is 5.56 Å². The first-order valence-corrected chi connectivity index (χ1v) is 4.99. The summed E-state index contributed by atoms with van der Waals surface area (Å²) in [5.41, 5.74) is 6.48. The Labute approximate surface area is 92.5 Å². The average Bonchev–Trinajstić information content (AvgIpc) is 2.67. The number of hydrogen-bond donors (Lipinski definition) is 2. The van der Waals surface area contributed by atoms with Crippen LogP contribution < -0.4 is 5.73 Å². The lowest BCUT2D eigenvalue weighted by atomic mass is 10.2. The fourth-order valence-electron chi connectivity index (χ4n) is 1.24. The van der Waals surface area contributed by atoms with Crippen molar-refractivity contribution in [2.75, 3.05) is 0 Å². The lowest BCUT2D eigenvalue weighted by Gasteiger charge is -1.98. The number of nitrogens with one attached hydrogen (secondary N) is 1. The molecule has 0 saturated carbocycles. The standard InChI is InChI=1S/C10H11ClN4/c1-6(12)9-13-10(15-14-9)7-4-2-3-5-8(7)11/h2-6H,12H2,1H3,(H,13,14,15)/t6-/m0/s1. The second-order valence-electron chi connectivity index (χ2n) is 3.31. The van der Waals surface area contributed by atoms with Crippen LogP contribution in [0.2, 0.25) is 5.02 Å². The lowest BCUT2D eigenvalue weighted by molar-refractivity contribution is 0.745. The molecule has 0 saturated heterocycles. The normalized spacial score (nSPS) is 12.7. The minimum atomic E-state index is -0.159. The third kappa shape index (κ3) is 2.00. The summed E-state index contributed by atoms with van der Waals surface area (Å²) in [6.45, 7) is 1.84. The molecule has 2 rings (SSSR count). The Balaban J connectivity index is 2.42. The van der Waals surface area contributed by atoms with Gasteiger partial charge in [-0.25, -0.2) is 4.98 Å². The molecule has 0 aliphatic heterocycles. The number of H-pyrrole nitrogens is 1. The maximum atomic E-state index is 6.02. The molecule has 0 fully saturated rings. The fourth-order valence-corrected chi connectivity index (χ4v) is 1.46. The second-order valence-corrected chi connectivity index (χ2v) is 3.72. The maximum Gasteiger partial charge on any atom is 0.182 e. The zero-order valence-electron chi connectivity index (χ0n) is 8.24. The maximum absolute atomic E-state index is 6.02. The van der Waals surface area contributed by atoms with Gasteiger partial charge in [0.2, 0.25) is 0 Å². The highest BCUT2D eigenvalue weighted by Gasteiger charge is 2.10. The van der Waals surface area contributed by atoms with Gasteiger partial charge in [0.25, 0.3) is 0 Å². The van der Waals surface area contributed by atoms with Crippen molar-refractivity contribution < 1.29 is 0 Å². The zero-order chi connectivity index (χ0) is 10.8. The second kappa shape index (κ2) is 4.00. The molecule has 1 aromatic heterocycles. The van der Waals surface area contributed by atoms with E-state index in [-0.39, 0.29) is 6.04 Å². The lowest BCUT2D eigenvalue weighted by Crippen LogP contribution is -2.06. The summed E-state index contributed by atoms with van der Waals surface area (Å²) in [6.07, 6.45) is 0. The van der Waals surface area contributed by atoms with Crippen LogP contribution in [0.1, 0.15) is 18.8 Å². The summed E-state index contributed by atoms with van der Waals surface area (Å²) < 4.78 is 0. The van der Waals surface area contributed by atoms with Gasteiger partial charge >= 0.3 is 0 Å². The van der Waals surface area contributed by atoms with Crippen LogP contribution in [-0.2, 0) is 0 Å². The highest BCUT2D eigenvalue weighted by Crippen LogP contribution is 2.24. The summed E-state index contributed by atoms with van der Waals surface area (Å²) in [4.78, 5) is 4.26. The summed E-state index contributed by atoms with van der Waals surface area (Å²) in [5, 5.41) is 7.49. The molecular weight excluding hydrogens is 212 g/mol. The molecule has 5 heteroatoms. The molecule has 1 atom stereocenters. The monoisotopic (exact) mass is 222 g/mol. The Morgan fingerprint density at radius 2 is 2.13 bits per heavy atom. The SMILES string of the molecule is C[C@H](N)c1nc(-c2ccccc2Cl)n[nH]1. The van der Waals surface area contributed by atoms with E-state index >= 15 is 0 Å². The molecule has 1 heterocycles. The van der Waals surface area contributed by atoms with Crippen molar-refractivity contribution in [1.29, 1.82) is 0 Å². The summed E-state index contributed by atoms with van der Waals surface area (Å²) in [5.74, 6) is 1.23. The quantitative estimate of drug-likeness (QED) is 0.818. The van der Waals surface area contributed by atoms with Crippen LogP contribution in [-0.4, -0.2) is 15.2 Å². The van der Waals surface area contributed by atoms with Gasteiger partial charge in [-0.1, -0.05) is 23.7 Å². The Kier molecular flexibility index (Phi) is 2.70. The Morgan fingerprint density at radius 3 is 2.73 bits per heavy atom. The molecular formula is C10H11ClN4. The van der Waals surface area contributed by atoms with Crippen LogP contribution in [0.15, 0.2) is 24.3 Å². The molecule has 0 aliphatic rings. The molecule has 4 nitrogen and oxygen atoms in total. The van der Waals surface area contributed by atoms with Gasteiger partial charge in [-0.3, -0.25) is 5.10 Å².